The third-order valence-corrected chi connectivity index (χ3v) is 8.67. The number of esters is 1. The lowest BCUT2D eigenvalue weighted by atomic mass is 9.65. The van der Waals surface area contributed by atoms with Crippen LogP contribution in [-0.4, -0.2) is 30.9 Å². The van der Waals surface area contributed by atoms with Crippen molar-refractivity contribution in [3.63, 3.8) is 0 Å². The highest BCUT2D eigenvalue weighted by Crippen LogP contribution is 2.42. The molecule has 3 rings (SSSR count). The number of nitrogens with two attached hydrogens (primary N) is 1. The molecule has 3 aromatic rings. The van der Waals surface area contributed by atoms with E-state index in [4.69, 9.17) is 19.6 Å². The van der Waals surface area contributed by atoms with Crippen LogP contribution in [0.15, 0.2) is 51.7 Å². The molecule has 0 radical (unpaired) electrons. The van der Waals surface area contributed by atoms with E-state index in [1.165, 1.54) is 30.3 Å². The van der Waals surface area contributed by atoms with Crippen LogP contribution in [0.2, 0.25) is 0 Å². The molecule has 1 heterocycles. The Morgan fingerprint density at radius 3 is 2.12 bits per heavy atom. The Kier molecular flexibility index (Phi) is 12.3. The molecule has 0 aliphatic carbocycles. The van der Waals surface area contributed by atoms with Crippen molar-refractivity contribution in [1.29, 1.82) is 0 Å². The zero-order valence-electron chi connectivity index (χ0n) is 29.2. The first-order valence-corrected chi connectivity index (χ1v) is 16.4. The van der Waals surface area contributed by atoms with Gasteiger partial charge in [-0.2, -0.15) is 26.3 Å². The van der Waals surface area contributed by atoms with E-state index in [9.17, 15) is 35.9 Å². The molecule has 0 bridgehead atoms. The minimum absolute atomic E-state index is 0.0297. The first kappa shape index (κ1) is 39.9. The first-order valence-electron chi connectivity index (χ1n) is 16.4. The molecule has 0 aliphatic rings. The second-order valence-corrected chi connectivity index (χ2v) is 14.9. The number of halogens is 6. The van der Waals surface area contributed by atoms with Crippen LogP contribution in [0, 0.1) is 16.7 Å². The molecule has 0 aliphatic heterocycles. The Balaban J connectivity index is 1.84. The highest BCUT2D eigenvalue weighted by atomic mass is 19.4. The van der Waals surface area contributed by atoms with Gasteiger partial charge in [0.05, 0.1) is 36.2 Å². The number of hydrogen-bond donors (Lipinski definition) is 1. The van der Waals surface area contributed by atoms with Crippen LogP contribution < -0.4 is 16.1 Å². The molecule has 49 heavy (non-hydrogen) atoms. The number of carbonyl (C=O) groups is 1. The summed E-state index contributed by atoms with van der Waals surface area (Å²) < 4.78 is 99.1. The van der Waals surface area contributed by atoms with Crippen molar-refractivity contribution in [2.75, 3.05) is 13.2 Å². The van der Waals surface area contributed by atoms with E-state index in [0.717, 1.165) is 25.3 Å². The quantitative estimate of drug-likeness (QED) is 0.0780. The summed E-state index contributed by atoms with van der Waals surface area (Å²) in [4.78, 5) is 26.2. The molecular weight excluding hydrogens is 652 g/mol. The van der Waals surface area contributed by atoms with Gasteiger partial charge in [0.2, 0.25) is 0 Å². The van der Waals surface area contributed by atoms with Crippen LogP contribution in [0.4, 0.5) is 26.3 Å². The summed E-state index contributed by atoms with van der Waals surface area (Å²) in [6.45, 7) is 11.6. The van der Waals surface area contributed by atoms with E-state index in [-0.39, 0.29) is 33.3 Å². The predicted octanol–water partition coefficient (Wildman–Crippen LogP) is 9.88. The summed E-state index contributed by atoms with van der Waals surface area (Å²) in [7, 11) is 0. The lowest BCUT2D eigenvalue weighted by Crippen LogP contribution is -2.56. The second-order valence-electron chi connectivity index (χ2n) is 14.9. The summed E-state index contributed by atoms with van der Waals surface area (Å²) in [6, 6.07) is 9.29. The summed E-state index contributed by atoms with van der Waals surface area (Å²) in [5, 5.41) is 0.283. The maximum Gasteiger partial charge on any atom is 0.417 e. The van der Waals surface area contributed by atoms with E-state index in [1.54, 1.807) is 26.8 Å². The Morgan fingerprint density at radius 2 is 1.55 bits per heavy atom. The summed E-state index contributed by atoms with van der Waals surface area (Å²) in [5.41, 5.74) is 1.70. The second kappa shape index (κ2) is 15.1. The van der Waals surface area contributed by atoms with E-state index in [0.29, 0.717) is 18.4 Å². The highest BCUT2D eigenvalue weighted by Gasteiger charge is 2.48. The van der Waals surface area contributed by atoms with Gasteiger partial charge in [-0.15, -0.1) is 0 Å². The van der Waals surface area contributed by atoms with Crippen molar-refractivity contribution >= 4 is 16.9 Å². The number of ether oxygens (including phenoxy) is 2. The van der Waals surface area contributed by atoms with Gasteiger partial charge in [-0.3, -0.25) is 4.79 Å². The van der Waals surface area contributed by atoms with E-state index in [1.807, 2.05) is 27.7 Å². The minimum Gasteiger partial charge on any atom is -0.493 e. The van der Waals surface area contributed by atoms with Gasteiger partial charge < -0.3 is 19.6 Å². The summed E-state index contributed by atoms with van der Waals surface area (Å²) >= 11 is 0. The first-order chi connectivity index (χ1) is 22.4. The maximum atomic E-state index is 14.1. The number of rotatable bonds is 14. The largest absolute Gasteiger partial charge is 0.493 e. The van der Waals surface area contributed by atoms with Crippen LogP contribution in [0.3, 0.4) is 0 Å². The van der Waals surface area contributed by atoms with Crippen molar-refractivity contribution in [3.05, 3.63) is 64.0 Å². The fourth-order valence-electron chi connectivity index (χ4n) is 5.85. The lowest BCUT2D eigenvalue weighted by Gasteiger charge is -2.43. The molecule has 0 saturated carbocycles. The Labute approximate surface area is 283 Å². The zero-order valence-corrected chi connectivity index (χ0v) is 29.2. The molecule has 0 fully saturated rings. The third-order valence-electron chi connectivity index (χ3n) is 8.67. The number of fused-ring (bicyclic) bond motifs is 1. The van der Waals surface area contributed by atoms with Crippen molar-refractivity contribution in [3.8, 4) is 16.9 Å². The molecule has 0 spiro atoms. The molecule has 6 nitrogen and oxygen atoms in total. The van der Waals surface area contributed by atoms with E-state index >= 15 is 0 Å². The van der Waals surface area contributed by atoms with Crippen LogP contribution in [0.5, 0.6) is 5.75 Å². The molecule has 0 amide bonds. The van der Waals surface area contributed by atoms with Crippen LogP contribution in [-0.2, 0) is 22.1 Å². The monoisotopic (exact) mass is 699 g/mol. The van der Waals surface area contributed by atoms with E-state index in [2.05, 4.69) is 0 Å². The highest BCUT2D eigenvalue weighted by molar-refractivity contribution is 5.83. The summed E-state index contributed by atoms with van der Waals surface area (Å²) in [5.74, 6) is -1.94. The number of alkyl halides is 6. The zero-order chi connectivity index (χ0) is 37.0. The van der Waals surface area contributed by atoms with Crippen molar-refractivity contribution in [2.24, 2.45) is 22.5 Å². The minimum atomic E-state index is -4.72. The smallest absolute Gasteiger partial charge is 0.417 e. The standard InChI is InChI=1S/C37H47F6NO5/c1-8-9-10-11-23-12-15-27(29(16-23)37(41,42)43)28-17-25-13-14-26(18-30(25)49-31(28)45)47-20-24(19-36(38,39)40)21-48-32(46)35(7,34(5,6)44)22-33(2,3)4/h12-18,24H,8-11,19-22,44H2,1-7H3. The molecule has 0 saturated heterocycles. The molecular formula is C37H47F6NO5. The van der Waals surface area contributed by atoms with Gasteiger partial charge in [0.25, 0.3) is 0 Å². The van der Waals surface area contributed by atoms with Gasteiger partial charge in [-0.1, -0.05) is 52.7 Å². The van der Waals surface area contributed by atoms with Gasteiger partial charge in [0.1, 0.15) is 11.3 Å². The average molecular weight is 700 g/mol. The molecule has 2 atom stereocenters. The fraction of sp³-hybridized carbons (Fsp3) is 0.568. The van der Waals surface area contributed by atoms with Gasteiger partial charge in [-0.25, -0.2) is 4.79 Å². The molecule has 12 heteroatoms. The van der Waals surface area contributed by atoms with Crippen molar-refractivity contribution in [1.82, 2.24) is 0 Å². The molecule has 2 N–H and O–H groups in total. The average Bonchev–Trinajstić information content (AvgIpc) is 2.95. The predicted molar refractivity (Wildman–Crippen MR) is 177 cm³/mol. The number of benzene rings is 2. The van der Waals surface area contributed by atoms with Crippen LogP contribution >= 0.6 is 0 Å². The number of hydrogen-bond acceptors (Lipinski definition) is 6. The van der Waals surface area contributed by atoms with Crippen molar-refractivity contribution in [2.45, 2.75) is 105 Å². The van der Waals surface area contributed by atoms with Gasteiger partial charge >= 0.3 is 23.9 Å². The van der Waals surface area contributed by atoms with Gasteiger partial charge in [-0.05, 0) is 75.3 Å². The molecule has 272 valence electrons. The lowest BCUT2D eigenvalue weighted by molar-refractivity contribution is -0.170. The number of carbonyl (C=O) groups excluding carboxylic acids is 1. The van der Waals surface area contributed by atoms with E-state index < -0.39 is 66.0 Å². The number of unbranched alkanes of at least 4 members (excludes halogenated alkanes) is 2. The van der Waals surface area contributed by atoms with Gasteiger partial charge in [0, 0.05) is 28.5 Å². The van der Waals surface area contributed by atoms with Gasteiger partial charge in [0.15, 0.2) is 0 Å². The molecule has 1 aromatic heterocycles. The van der Waals surface area contributed by atoms with Crippen molar-refractivity contribution < 1.29 is 45.0 Å². The normalized spacial score (nSPS) is 14.8. The molecule has 2 unspecified atom stereocenters. The Bertz CT molecular complexity index is 1650. The summed E-state index contributed by atoms with van der Waals surface area (Å²) in [6.07, 6.45) is -7.27. The maximum absolute atomic E-state index is 14.1. The van der Waals surface area contributed by atoms with Crippen LogP contribution in [0.25, 0.3) is 22.1 Å². The Hall–Kier alpha value is -3.54. The topological polar surface area (TPSA) is 91.8 Å². The molecule has 2 aromatic carbocycles. The van der Waals surface area contributed by atoms with Crippen LogP contribution in [0.1, 0.15) is 91.7 Å². The fourth-order valence-corrected chi connectivity index (χ4v) is 5.85. The third kappa shape index (κ3) is 11.0. The number of aryl methyl sites for hydroxylation is 1. The SMILES string of the molecule is CCCCCc1ccc(-c2cc3ccc(OCC(COC(=O)C(C)(CC(C)(C)C)C(C)(C)N)CC(F)(F)F)cc3oc2=O)c(C(F)(F)F)c1. The Morgan fingerprint density at radius 1 is 0.878 bits per heavy atom.